The number of imidazole rings is 1. The fourth-order valence-electron chi connectivity index (χ4n) is 2.24. The molecule has 0 bridgehead atoms. The van der Waals surface area contributed by atoms with E-state index < -0.39 is 0 Å². The third-order valence-electron chi connectivity index (χ3n) is 3.37. The maximum absolute atomic E-state index is 6.27. The highest BCUT2D eigenvalue weighted by molar-refractivity contribution is 6.31. The predicted molar refractivity (Wildman–Crippen MR) is 89.4 cm³/mol. The molecule has 2 rings (SSSR count). The summed E-state index contributed by atoms with van der Waals surface area (Å²) in [5.41, 5.74) is 8.79. The molecule has 1 aromatic carbocycles. The summed E-state index contributed by atoms with van der Waals surface area (Å²) < 4.78 is 1.89. The molecule has 1 aromatic heterocycles. The molecule has 4 heteroatoms. The van der Waals surface area contributed by atoms with Gasteiger partial charge in [-0.1, -0.05) is 50.4 Å². The maximum atomic E-state index is 6.27. The van der Waals surface area contributed by atoms with Gasteiger partial charge in [0.25, 0.3) is 0 Å². The van der Waals surface area contributed by atoms with Crippen molar-refractivity contribution >= 4 is 17.4 Å². The van der Waals surface area contributed by atoms with Gasteiger partial charge in [0.2, 0.25) is 0 Å². The van der Waals surface area contributed by atoms with Crippen molar-refractivity contribution in [1.82, 2.24) is 9.55 Å². The van der Waals surface area contributed by atoms with E-state index in [0.717, 1.165) is 22.6 Å². The fraction of sp³-hybridized carbons (Fsp3) is 0.353. The Labute approximate surface area is 131 Å². The summed E-state index contributed by atoms with van der Waals surface area (Å²) in [5.74, 6) is 4.10. The van der Waals surface area contributed by atoms with Crippen molar-refractivity contribution in [2.45, 2.75) is 39.7 Å². The number of terminal acetylenes is 1. The average molecular weight is 302 g/mol. The van der Waals surface area contributed by atoms with Crippen molar-refractivity contribution in [3.63, 3.8) is 0 Å². The second kappa shape index (κ2) is 5.46. The summed E-state index contributed by atoms with van der Waals surface area (Å²) in [6, 6.07) is 5.84. The van der Waals surface area contributed by atoms with E-state index in [1.54, 1.807) is 0 Å². The van der Waals surface area contributed by atoms with Crippen molar-refractivity contribution in [3.8, 4) is 23.6 Å². The number of benzene rings is 1. The summed E-state index contributed by atoms with van der Waals surface area (Å²) >= 11 is 6.21. The van der Waals surface area contributed by atoms with Crippen molar-refractivity contribution < 1.29 is 0 Å². The molecule has 0 amide bonds. The number of aryl methyl sites for hydroxylation is 1. The number of nitrogens with two attached hydrogens (primary N) is 1. The monoisotopic (exact) mass is 301 g/mol. The SMILES string of the molecule is C#CCn1c(C(C)(C)C)nc(-c2ccc(C)c(Cl)c2)c1N. The Hall–Kier alpha value is -1.92. The van der Waals surface area contributed by atoms with E-state index in [4.69, 9.17) is 28.7 Å². The van der Waals surface area contributed by atoms with Crippen LogP contribution >= 0.6 is 11.6 Å². The minimum Gasteiger partial charge on any atom is -0.383 e. The quantitative estimate of drug-likeness (QED) is 0.851. The molecule has 0 radical (unpaired) electrons. The Morgan fingerprint density at radius 1 is 1.38 bits per heavy atom. The normalized spacial score (nSPS) is 11.4. The van der Waals surface area contributed by atoms with Gasteiger partial charge >= 0.3 is 0 Å². The lowest BCUT2D eigenvalue weighted by Crippen LogP contribution is -2.19. The molecule has 0 saturated carbocycles. The highest BCUT2D eigenvalue weighted by Gasteiger charge is 2.25. The predicted octanol–water partition coefficient (Wildman–Crippen LogP) is 4.02. The van der Waals surface area contributed by atoms with Crippen LogP contribution in [0.3, 0.4) is 0 Å². The largest absolute Gasteiger partial charge is 0.383 e. The van der Waals surface area contributed by atoms with Gasteiger partial charge in [-0.3, -0.25) is 0 Å². The number of rotatable bonds is 2. The lowest BCUT2D eigenvalue weighted by molar-refractivity contribution is 0.517. The summed E-state index contributed by atoms with van der Waals surface area (Å²) in [5, 5.41) is 0.704. The van der Waals surface area contributed by atoms with Crippen LogP contribution in [0.15, 0.2) is 18.2 Å². The Balaban J connectivity index is 2.65. The lowest BCUT2D eigenvalue weighted by atomic mass is 9.95. The summed E-state index contributed by atoms with van der Waals surface area (Å²) in [7, 11) is 0. The molecule has 3 nitrogen and oxygen atoms in total. The maximum Gasteiger partial charge on any atom is 0.132 e. The third-order valence-corrected chi connectivity index (χ3v) is 3.78. The first kappa shape index (κ1) is 15.5. The topological polar surface area (TPSA) is 43.8 Å². The minimum absolute atomic E-state index is 0.141. The first-order chi connectivity index (χ1) is 9.75. The van der Waals surface area contributed by atoms with Gasteiger partial charge in [-0.2, -0.15) is 0 Å². The summed E-state index contributed by atoms with van der Waals surface area (Å²) in [6.07, 6.45) is 5.46. The fourth-order valence-corrected chi connectivity index (χ4v) is 2.42. The Bertz CT molecular complexity index is 715. The van der Waals surface area contributed by atoms with Gasteiger partial charge in [0.1, 0.15) is 17.3 Å². The zero-order valence-electron chi connectivity index (χ0n) is 12.9. The van der Waals surface area contributed by atoms with Gasteiger partial charge in [-0.15, -0.1) is 6.42 Å². The van der Waals surface area contributed by atoms with Crippen molar-refractivity contribution in [3.05, 3.63) is 34.6 Å². The molecule has 110 valence electrons. The molecule has 0 saturated heterocycles. The molecule has 0 spiro atoms. The van der Waals surface area contributed by atoms with E-state index in [2.05, 4.69) is 26.7 Å². The molecule has 0 atom stereocenters. The highest BCUT2D eigenvalue weighted by Crippen LogP contribution is 2.33. The first-order valence-corrected chi connectivity index (χ1v) is 7.20. The van der Waals surface area contributed by atoms with E-state index >= 15 is 0 Å². The second-order valence-electron chi connectivity index (χ2n) is 6.17. The molecule has 21 heavy (non-hydrogen) atoms. The average Bonchev–Trinajstić information content (AvgIpc) is 2.71. The van der Waals surface area contributed by atoms with E-state index in [1.807, 2.05) is 29.7 Å². The van der Waals surface area contributed by atoms with Gasteiger partial charge in [0, 0.05) is 16.0 Å². The number of aromatic nitrogens is 2. The minimum atomic E-state index is -0.141. The Kier molecular flexibility index (Phi) is 4.02. The molecule has 2 aromatic rings. The van der Waals surface area contributed by atoms with Gasteiger partial charge in [-0.25, -0.2) is 4.98 Å². The first-order valence-electron chi connectivity index (χ1n) is 6.82. The van der Waals surface area contributed by atoms with Crippen LogP contribution in [0.1, 0.15) is 32.2 Å². The highest BCUT2D eigenvalue weighted by atomic mass is 35.5. The van der Waals surface area contributed by atoms with Gasteiger partial charge in [0.05, 0.1) is 6.54 Å². The molecule has 0 aliphatic carbocycles. The molecule has 2 N–H and O–H groups in total. The van der Waals surface area contributed by atoms with Gasteiger partial charge in [-0.05, 0) is 18.6 Å². The summed E-state index contributed by atoms with van der Waals surface area (Å²) in [4.78, 5) is 4.72. The molecule has 1 heterocycles. The van der Waals surface area contributed by atoms with Crippen LogP contribution in [0.25, 0.3) is 11.3 Å². The standard InChI is InChI=1S/C17H20ClN3/c1-6-9-21-15(19)14(20-16(21)17(3,4)5)12-8-7-11(2)13(18)10-12/h1,7-8,10H,9,19H2,2-5H3. The van der Waals surface area contributed by atoms with Gasteiger partial charge < -0.3 is 10.3 Å². The van der Waals surface area contributed by atoms with Crippen LogP contribution in [-0.4, -0.2) is 9.55 Å². The number of hydrogen-bond donors (Lipinski definition) is 1. The molecular weight excluding hydrogens is 282 g/mol. The van der Waals surface area contributed by atoms with Crippen LogP contribution in [-0.2, 0) is 12.0 Å². The number of nitrogen functional groups attached to an aromatic ring is 1. The number of halogens is 1. The summed E-state index contributed by atoms with van der Waals surface area (Å²) in [6.45, 7) is 8.65. The lowest BCUT2D eigenvalue weighted by Gasteiger charge is -2.18. The Morgan fingerprint density at radius 3 is 2.57 bits per heavy atom. The second-order valence-corrected chi connectivity index (χ2v) is 6.58. The Morgan fingerprint density at radius 2 is 2.05 bits per heavy atom. The zero-order valence-corrected chi connectivity index (χ0v) is 13.6. The molecule has 0 aliphatic heterocycles. The molecular formula is C17H20ClN3. The van der Waals surface area contributed by atoms with Crippen LogP contribution < -0.4 is 5.73 Å². The third kappa shape index (κ3) is 2.91. The number of anilines is 1. The molecule has 0 unspecified atom stereocenters. The van der Waals surface area contributed by atoms with E-state index in [1.165, 1.54) is 0 Å². The van der Waals surface area contributed by atoms with E-state index in [-0.39, 0.29) is 5.41 Å². The van der Waals surface area contributed by atoms with Crippen molar-refractivity contribution in [2.24, 2.45) is 0 Å². The van der Waals surface area contributed by atoms with Crippen LogP contribution in [0, 0.1) is 19.3 Å². The molecule has 0 aliphatic rings. The number of hydrogen-bond acceptors (Lipinski definition) is 2. The van der Waals surface area contributed by atoms with Crippen molar-refractivity contribution in [2.75, 3.05) is 5.73 Å². The van der Waals surface area contributed by atoms with Crippen molar-refractivity contribution in [1.29, 1.82) is 0 Å². The van der Waals surface area contributed by atoms with Crippen LogP contribution in [0.5, 0.6) is 0 Å². The molecule has 0 fully saturated rings. The van der Waals surface area contributed by atoms with Crippen LogP contribution in [0.4, 0.5) is 5.82 Å². The van der Waals surface area contributed by atoms with Crippen LogP contribution in [0.2, 0.25) is 5.02 Å². The van der Waals surface area contributed by atoms with Gasteiger partial charge in [0.15, 0.2) is 0 Å². The smallest absolute Gasteiger partial charge is 0.132 e. The zero-order chi connectivity index (χ0) is 15.8. The van der Waals surface area contributed by atoms with E-state index in [0.29, 0.717) is 17.4 Å². The number of nitrogens with zero attached hydrogens (tertiary/aromatic N) is 2. The van der Waals surface area contributed by atoms with E-state index in [9.17, 15) is 0 Å².